The van der Waals surface area contributed by atoms with Crippen molar-refractivity contribution >= 4 is 24.0 Å². The molecule has 1 unspecified atom stereocenters. The summed E-state index contributed by atoms with van der Waals surface area (Å²) < 4.78 is 13.1. The number of anilines is 1. The van der Waals surface area contributed by atoms with Crippen molar-refractivity contribution in [2.24, 2.45) is 5.92 Å². The molecular formula is C14H20ClFN2O. The highest BCUT2D eigenvalue weighted by atomic mass is 35.5. The number of carbonyl (C=O) groups excluding carboxylic acids is 1. The third-order valence-electron chi connectivity index (χ3n) is 3.42. The molecule has 1 heterocycles. The van der Waals surface area contributed by atoms with Crippen molar-refractivity contribution in [3.05, 3.63) is 29.6 Å². The van der Waals surface area contributed by atoms with E-state index in [9.17, 15) is 9.18 Å². The zero-order chi connectivity index (χ0) is 13.0. The van der Waals surface area contributed by atoms with Crippen molar-refractivity contribution < 1.29 is 9.18 Å². The van der Waals surface area contributed by atoms with Crippen LogP contribution in [0.1, 0.15) is 24.8 Å². The van der Waals surface area contributed by atoms with Gasteiger partial charge >= 0.3 is 0 Å². The van der Waals surface area contributed by atoms with Gasteiger partial charge in [-0.05, 0) is 56.5 Å². The SMILES string of the molecule is Cc1ccc(F)cc1NC(=O)CCC1CCNC1.Cl. The number of rotatable bonds is 4. The van der Waals surface area contributed by atoms with Crippen LogP contribution in [0.3, 0.4) is 0 Å². The van der Waals surface area contributed by atoms with Crippen molar-refractivity contribution in [2.75, 3.05) is 18.4 Å². The minimum atomic E-state index is -0.323. The minimum Gasteiger partial charge on any atom is -0.326 e. The minimum absolute atomic E-state index is 0. The standard InChI is InChI=1S/C14H19FN2O.ClH/c1-10-2-4-12(15)8-13(10)17-14(18)5-3-11-6-7-16-9-11;/h2,4,8,11,16H,3,5-7,9H2,1H3,(H,17,18);1H. The molecule has 106 valence electrons. The smallest absolute Gasteiger partial charge is 0.224 e. The predicted octanol–water partition coefficient (Wildman–Crippen LogP) is 2.88. The van der Waals surface area contributed by atoms with Gasteiger partial charge in [0.2, 0.25) is 5.91 Å². The lowest BCUT2D eigenvalue weighted by molar-refractivity contribution is -0.116. The summed E-state index contributed by atoms with van der Waals surface area (Å²) in [5, 5.41) is 6.06. The van der Waals surface area contributed by atoms with Crippen LogP contribution in [-0.2, 0) is 4.79 Å². The monoisotopic (exact) mass is 286 g/mol. The van der Waals surface area contributed by atoms with Crippen LogP contribution in [-0.4, -0.2) is 19.0 Å². The van der Waals surface area contributed by atoms with Crippen LogP contribution in [0.15, 0.2) is 18.2 Å². The molecule has 1 fully saturated rings. The van der Waals surface area contributed by atoms with Crippen molar-refractivity contribution in [2.45, 2.75) is 26.2 Å². The summed E-state index contributed by atoms with van der Waals surface area (Å²) in [6.07, 6.45) is 2.54. The maximum atomic E-state index is 13.1. The van der Waals surface area contributed by atoms with Crippen LogP contribution in [0.5, 0.6) is 0 Å². The molecule has 5 heteroatoms. The lowest BCUT2D eigenvalue weighted by Gasteiger charge is -2.10. The fraction of sp³-hybridized carbons (Fsp3) is 0.500. The van der Waals surface area contributed by atoms with Crippen LogP contribution in [0.25, 0.3) is 0 Å². The zero-order valence-corrected chi connectivity index (χ0v) is 11.9. The molecule has 0 saturated carbocycles. The van der Waals surface area contributed by atoms with Gasteiger partial charge < -0.3 is 10.6 Å². The van der Waals surface area contributed by atoms with Gasteiger partial charge in [0.1, 0.15) is 5.82 Å². The molecule has 2 N–H and O–H groups in total. The normalized spacial score (nSPS) is 17.9. The van der Waals surface area contributed by atoms with Crippen LogP contribution in [0.4, 0.5) is 10.1 Å². The summed E-state index contributed by atoms with van der Waals surface area (Å²) in [4.78, 5) is 11.8. The van der Waals surface area contributed by atoms with Crippen LogP contribution in [0.2, 0.25) is 0 Å². The van der Waals surface area contributed by atoms with Gasteiger partial charge in [-0.3, -0.25) is 4.79 Å². The highest BCUT2D eigenvalue weighted by molar-refractivity contribution is 5.91. The Bertz CT molecular complexity index is 433. The molecule has 1 amide bonds. The third-order valence-corrected chi connectivity index (χ3v) is 3.42. The number of benzene rings is 1. The van der Waals surface area contributed by atoms with E-state index >= 15 is 0 Å². The Morgan fingerprint density at radius 2 is 2.32 bits per heavy atom. The van der Waals surface area contributed by atoms with E-state index in [0.717, 1.165) is 31.5 Å². The van der Waals surface area contributed by atoms with E-state index in [2.05, 4.69) is 10.6 Å². The molecule has 1 aromatic carbocycles. The Kier molecular flexibility index (Phi) is 6.25. The number of hydrogen-bond donors (Lipinski definition) is 2. The van der Waals surface area contributed by atoms with Gasteiger partial charge in [-0.2, -0.15) is 0 Å². The molecule has 1 saturated heterocycles. The first-order chi connectivity index (χ1) is 8.65. The quantitative estimate of drug-likeness (QED) is 0.894. The highest BCUT2D eigenvalue weighted by Gasteiger charge is 2.16. The summed E-state index contributed by atoms with van der Waals surface area (Å²) in [5.74, 6) is 0.246. The largest absolute Gasteiger partial charge is 0.326 e. The summed E-state index contributed by atoms with van der Waals surface area (Å²) in [6, 6.07) is 4.44. The number of hydrogen-bond acceptors (Lipinski definition) is 2. The molecule has 1 aliphatic rings. The van der Waals surface area contributed by atoms with Gasteiger partial charge in [-0.25, -0.2) is 4.39 Å². The van der Waals surface area contributed by atoms with E-state index in [1.807, 2.05) is 6.92 Å². The van der Waals surface area contributed by atoms with Gasteiger partial charge in [0.15, 0.2) is 0 Å². The van der Waals surface area contributed by atoms with Crippen molar-refractivity contribution in [1.82, 2.24) is 5.32 Å². The summed E-state index contributed by atoms with van der Waals surface area (Å²) >= 11 is 0. The Hall–Kier alpha value is -1.13. The number of nitrogens with one attached hydrogen (secondary N) is 2. The summed E-state index contributed by atoms with van der Waals surface area (Å²) in [6.45, 7) is 3.91. The molecule has 0 aliphatic carbocycles. The second kappa shape index (κ2) is 7.46. The lowest BCUT2D eigenvalue weighted by Crippen LogP contribution is -2.15. The van der Waals surface area contributed by atoms with E-state index in [0.29, 0.717) is 18.0 Å². The fourth-order valence-corrected chi connectivity index (χ4v) is 2.24. The topological polar surface area (TPSA) is 41.1 Å². The van der Waals surface area contributed by atoms with Crippen molar-refractivity contribution in [3.63, 3.8) is 0 Å². The Labute approximate surface area is 119 Å². The van der Waals surface area contributed by atoms with Gasteiger partial charge in [0.05, 0.1) is 0 Å². The molecular weight excluding hydrogens is 267 g/mol. The molecule has 19 heavy (non-hydrogen) atoms. The molecule has 1 aromatic rings. The first kappa shape index (κ1) is 15.9. The molecule has 2 rings (SSSR count). The van der Waals surface area contributed by atoms with E-state index < -0.39 is 0 Å². The first-order valence-electron chi connectivity index (χ1n) is 6.42. The third kappa shape index (κ3) is 4.80. The van der Waals surface area contributed by atoms with Crippen LogP contribution in [0, 0.1) is 18.7 Å². The second-order valence-electron chi connectivity index (χ2n) is 4.90. The van der Waals surface area contributed by atoms with E-state index in [1.54, 1.807) is 6.07 Å². The molecule has 1 atom stereocenters. The molecule has 0 radical (unpaired) electrons. The highest BCUT2D eigenvalue weighted by Crippen LogP contribution is 2.18. The molecule has 0 bridgehead atoms. The zero-order valence-electron chi connectivity index (χ0n) is 11.0. The maximum Gasteiger partial charge on any atom is 0.224 e. The van der Waals surface area contributed by atoms with E-state index in [-0.39, 0.29) is 24.1 Å². The van der Waals surface area contributed by atoms with E-state index in [4.69, 9.17) is 0 Å². The molecule has 3 nitrogen and oxygen atoms in total. The predicted molar refractivity (Wildman–Crippen MR) is 77.2 cm³/mol. The summed E-state index contributed by atoms with van der Waals surface area (Å²) in [7, 11) is 0. The molecule has 0 aromatic heterocycles. The molecule has 0 spiro atoms. The molecule has 1 aliphatic heterocycles. The van der Waals surface area contributed by atoms with Gasteiger partial charge in [0, 0.05) is 12.1 Å². The number of carbonyl (C=O) groups is 1. The van der Waals surface area contributed by atoms with Crippen molar-refractivity contribution in [1.29, 1.82) is 0 Å². The van der Waals surface area contributed by atoms with Gasteiger partial charge in [-0.1, -0.05) is 6.07 Å². The Morgan fingerprint density at radius 1 is 1.53 bits per heavy atom. The number of halogens is 2. The first-order valence-corrected chi connectivity index (χ1v) is 6.42. The number of amides is 1. The average Bonchev–Trinajstić information content (AvgIpc) is 2.84. The Balaban J connectivity index is 0.00000180. The van der Waals surface area contributed by atoms with Gasteiger partial charge in [0.25, 0.3) is 0 Å². The lowest BCUT2D eigenvalue weighted by atomic mass is 10.0. The Morgan fingerprint density at radius 3 is 3.00 bits per heavy atom. The van der Waals surface area contributed by atoms with Crippen molar-refractivity contribution in [3.8, 4) is 0 Å². The van der Waals surface area contributed by atoms with E-state index in [1.165, 1.54) is 12.1 Å². The van der Waals surface area contributed by atoms with Crippen LogP contribution < -0.4 is 10.6 Å². The fourth-order valence-electron chi connectivity index (χ4n) is 2.24. The average molecular weight is 287 g/mol. The number of aryl methyl sites for hydroxylation is 1. The summed E-state index contributed by atoms with van der Waals surface area (Å²) in [5.41, 5.74) is 1.46. The second-order valence-corrected chi connectivity index (χ2v) is 4.90. The van der Waals surface area contributed by atoms with Gasteiger partial charge in [-0.15, -0.1) is 12.4 Å². The van der Waals surface area contributed by atoms with Crippen LogP contribution >= 0.6 is 12.4 Å². The maximum absolute atomic E-state index is 13.1.